The maximum absolute atomic E-state index is 13.9. The van der Waals surface area contributed by atoms with E-state index >= 15 is 0 Å². The Labute approximate surface area is 106 Å². The number of amides is 1. The minimum Gasteiger partial charge on any atom is -0.396 e. The van der Waals surface area contributed by atoms with E-state index in [1.165, 1.54) is 6.07 Å². The predicted octanol–water partition coefficient (Wildman–Crippen LogP) is 1.98. The Morgan fingerprint density at radius 3 is 3.06 bits per heavy atom. The smallest absolute Gasteiger partial charge is 0.256 e. The van der Waals surface area contributed by atoms with Gasteiger partial charge < -0.3 is 10.0 Å². The Kier molecular flexibility index (Phi) is 3.97. The molecule has 1 unspecified atom stereocenters. The van der Waals surface area contributed by atoms with Crippen LogP contribution in [-0.2, 0) is 0 Å². The van der Waals surface area contributed by atoms with E-state index in [9.17, 15) is 9.18 Å². The van der Waals surface area contributed by atoms with E-state index < -0.39 is 5.82 Å². The van der Waals surface area contributed by atoms with Gasteiger partial charge in [-0.2, -0.15) is 0 Å². The van der Waals surface area contributed by atoms with E-state index in [2.05, 4.69) is 0 Å². The minimum atomic E-state index is -0.436. The lowest BCUT2D eigenvalue weighted by Gasteiger charge is -2.32. The van der Waals surface area contributed by atoms with Crippen LogP contribution in [0.25, 0.3) is 0 Å². The summed E-state index contributed by atoms with van der Waals surface area (Å²) in [6.07, 6.45) is 1.79. The first-order chi connectivity index (χ1) is 8.63. The van der Waals surface area contributed by atoms with Crippen molar-refractivity contribution >= 4 is 5.91 Å². The highest BCUT2D eigenvalue weighted by Gasteiger charge is 2.25. The Morgan fingerprint density at radius 1 is 1.56 bits per heavy atom. The van der Waals surface area contributed by atoms with Crippen molar-refractivity contribution in [3.8, 4) is 0 Å². The van der Waals surface area contributed by atoms with Crippen LogP contribution < -0.4 is 0 Å². The second kappa shape index (κ2) is 5.48. The van der Waals surface area contributed by atoms with Crippen LogP contribution in [0.2, 0.25) is 0 Å². The summed E-state index contributed by atoms with van der Waals surface area (Å²) in [7, 11) is 0. The molecule has 18 heavy (non-hydrogen) atoms. The van der Waals surface area contributed by atoms with Crippen LogP contribution in [0.5, 0.6) is 0 Å². The van der Waals surface area contributed by atoms with Gasteiger partial charge in [0.15, 0.2) is 0 Å². The van der Waals surface area contributed by atoms with Gasteiger partial charge in [0.2, 0.25) is 0 Å². The van der Waals surface area contributed by atoms with Gasteiger partial charge in [0.05, 0.1) is 5.56 Å². The number of aliphatic hydroxyl groups is 1. The quantitative estimate of drug-likeness (QED) is 0.873. The number of likely N-dealkylation sites (tertiary alicyclic amines) is 1. The highest BCUT2D eigenvalue weighted by molar-refractivity contribution is 5.94. The molecule has 0 aliphatic carbocycles. The zero-order valence-electron chi connectivity index (χ0n) is 10.5. The highest BCUT2D eigenvalue weighted by Crippen LogP contribution is 2.20. The molecule has 4 heteroatoms. The average molecular weight is 251 g/mol. The van der Waals surface area contributed by atoms with Crippen molar-refractivity contribution in [1.29, 1.82) is 0 Å². The van der Waals surface area contributed by atoms with Gasteiger partial charge in [0.25, 0.3) is 5.91 Å². The average Bonchev–Trinajstić information content (AvgIpc) is 2.41. The lowest BCUT2D eigenvalue weighted by Crippen LogP contribution is -2.41. The second-order valence-electron chi connectivity index (χ2n) is 4.88. The summed E-state index contributed by atoms with van der Waals surface area (Å²) in [5, 5.41) is 9.15. The Hall–Kier alpha value is -1.42. The van der Waals surface area contributed by atoms with E-state index in [1.807, 2.05) is 0 Å². The molecule has 1 saturated heterocycles. The van der Waals surface area contributed by atoms with Crippen LogP contribution in [0.1, 0.15) is 28.8 Å². The third kappa shape index (κ3) is 2.53. The first kappa shape index (κ1) is 13.0. The number of benzene rings is 1. The van der Waals surface area contributed by atoms with Crippen LogP contribution in [0.3, 0.4) is 0 Å². The van der Waals surface area contributed by atoms with E-state index in [0.717, 1.165) is 12.8 Å². The largest absolute Gasteiger partial charge is 0.396 e. The standard InChI is InChI=1S/C14H18FNO2/c1-10-4-2-6-12(13(10)15)14(18)16-7-3-5-11(8-16)9-17/h2,4,6,11,17H,3,5,7-9H2,1H3. The number of hydrogen-bond donors (Lipinski definition) is 1. The molecule has 1 heterocycles. The van der Waals surface area contributed by atoms with Gasteiger partial charge in [0.1, 0.15) is 5.82 Å². The van der Waals surface area contributed by atoms with Gasteiger partial charge in [0, 0.05) is 19.7 Å². The number of aliphatic hydroxyl groups excluding tert-OH is 1. The molecule has 2 rings (SSSR count). The number of aryl methyl sites for hydroxylation is 1. The molecule has 0 spiro atoms. The third-order valence-corrected chi connectivity index (χ3v) is 3.49. The van der Waals surface area contributed by atoms with E-state index in [1.54, 1.807) is 24.0 Å². The van der Waals surface area contributed by atoms with Crippen LogP contribution in [0, 0.1) is 18.7 Å². The summed E-state index contributed by atoms with van der Waals surface area (Å²) >= 11 is 0. The van der Waals surface area contributed by atoms with Crippen LogP contribution >= 0.6 is 0 Å². The topological polar surface area (TPSA) is 40.5 Å². The van der Waals surface area contributed by atoms with Gasteiger partial charge in [-0.25, -0.2) is 4.39 Å². The fourth-order valence-corrected chi connectivity index (χ4v) is 2.38. The van der Waals surface area contributed by atoms with Gasteiger partial charge in [-0.05, 0) is 37.3 Å². The summed E-state index contributed by atoms with van der Waals surface area (Å²) < 4.78 is 13.9. The molecule has 1 aliphatic heterocycles. The Morgan fingerprint density at radius 2 is 2.33 bits per heavy atom. The van der Waals surface area contributed by atoms with Crippen molar-refractivity contribution < 1.29 is 14.3 Å². The fourth-order valence-electron chi connectivity index (χ4n) is 2.38. The molecule has 1 aliphatic rings. The molecule has 1 N–H and O–H groups in total. The number of carbonyl (C=O) groups is 1. The maximum Gasteiger partial charge on any atom is 0.256 e. The molecule has 98 valence electrons. The summed E-state index contributed by atoms with van der Waals surface area (Å²) in [6.45, 7) is 2.89. The van der Waals surface area contributed by atoms with E-state index in [-0.39, 0.29) is 24.0 Å². The van der Waals surface area contributed by atoms with Crippen molar-refractivity contribution in [3.63, 3.8) is 0 Å². The lowest BCUT2D eigenvalue weighted by molar-refractivity contribution is 0.0616. The zero-order valence-corrected chi connectivity index (χ0v) is 10.5. The summed E-state index contributed by atoms with van der Waals surface area (Å²) in [6, 6.07) is 4.87. The van der Waals surface area contributed by atoms with Gasteiger partial charge in [-0.15, -0.1) is 0 Å². The first-order valence-corrected chi connectivity index (χ1v) is 6.28. The second-order valence-corrected chi connectivity index (χ2v) is 4.88. The van der Waals surface area contributed by atoms with Crippen molar-refractivity contribution in [1.82, 2.24) is 4.90 Å². The zero-order chi connectivity index (χ0) is 13.1. The minimum absolute atomic E-state index is 0.0834. The number of nitrogens with zero attached hydrogens (tertiary/aromatic N) is 1. The van der Waals surface area contributed by atoms with Crippen LogP contribution in [0.15, 0.2) is 18.2 Å². The van der Waals surface area contributed by atoms with Crippen molar-refractivity contribution in [2.45, 2.75) is 19.8 Å². The van der Waals surface area contributed by atoms with Crippen LogP contribution in [-0.4, -0.2) is 35.6 Å². The molecular formula is C14H18FNO2. The SMILES string of the molecule is Cc1cccc(C(=O)N2CCCC(CO)C2)c1F. The highest BCUT2D eigenvalue weighted by atomic mass is 19.1. The number of halogens is 1. The number of hydrogen-bond acceptors (Lipinski definition) is 2. The van der Waals surface area contributed by atoms with Crippen molar-refractivity contribution in [2.75, 3.05) is 19.7 Å². The number of piperidine rings is 1. The molecule has 1 atom stereocenters. The monoisotopic (exact) mass is 251 g/mol. The maximum atomic E-state index is 13.9. The lowest BCUT2D eigenvalue weighted by atomic mass is 9.98. The number of carbonyl (C=O) groups excluding carboxylic acids is 1. The Balaban J connectivity index is 2.18. The molecule has 0 radical (unpaired) electrons. The fraction of sp³-hybridized carbons (Fsp3) is 0.500. The number of rotatable bonds is 2. The molecule has 1 fully saturated rings. The molecule has 0 aromatic heterocycles. The predicted molar refractivity (Wildman–Crippen MR) is 66.9 cm³/mol. The Bertz CT molecular complexity index is 447. The summed E-state index contributed by atoms with van der Waals surface area (Å²) in [4.78, 5) is 13.9. The summed E-state index contributed by atoms with van der Waals surface area (Å²) in [5.74, 6) is -0.585. The molecule has 0 bridgehead atoms. The van der Waals surface area contributed by atoms with Crippen molar-refractivity contribution in [2.24, 2.45) is 5.92 Å². The summed E-state index contributed by atoms with van der Waals surface area (Å²) in [5.41, 5.74) is 0.616. The molecule has 0 saturated carbocycles. The van der Waals surface area contributed by atoms with Gasteiger partial charge >= 0.3 is 0 Å². The molecular weight excluding hydrogens is 233 g/mol. The molecule has 3 nitrogen and oxygen atoms in total. The first-order valence-electron chi connectivity index (χ1n) is 6.28. The third-order valence-electron chi connectivity index (χ3n) is 3.49. The van der Waals surface area contributed by atoms with Crippen LogP contribution in [0.4, 0.5) is 4.39 Å². The molecule has 1 aromatic carbocycles. The molecule has 1 aromatic rings. The molecule has 1 amide bonds. The van der Waals surface area contributed by atoms with Gasteiger partial charge in [-0.3, -0.25) is 4.79 Å². The van der Waals surface area contributed by atoms with E-state index in [4.69, 9.17) is 5.11 Å². The van der Waals surface area contributed by atoms with Gasteiger partial charge in [-0.1, -0.05) is 12.1 Å². The van der Waals surface area contributed by atoms with Crippen molar-refractivity contribution in [3.05, 3.63) is 35.1 Å². The normalized spacial score (nSPS) is 19.9. The van der Waals surface area contributed by atoms with E-state index in [0.29, 0.717) is 18.7 Å².